The highest BCUT2D eigenvalue weighted by molar-refractivity contribution is 6.14. The molecule has 0 aliphatic carbocycles. The zero-order valence-electron chi connectivity index (χ0n) is 22.6. The molecule has 6 rings (SSSR count). The van der Waals surface area contributed by atoms with Gasteiger partial charge in [-0.05, 0) is 70.1 Å². The Morgan fingerprint density at radius 1 is 0.349 bits per heavy atom. The van der Waals surface area contributed by atoms with Crippen molar-refractivity contribution in [3.05, 3.63) is 156 Å². The first-order chi connectivity index (χ1) is 21.0. The Bertz CT molecular complexity index is 1870. The van der Waals surface area contributed by atoms with Gasteiger partial charge in [0.05, 0.1) is 22.3 Å². The smallest absolute Gasteiger partial charge is 0.346 e. The number of para-hydroxylation sites is 2. The number of carbonyl (C=O) groups is 4. The molecule has 0 bridgehead atoms. The van der Waals surface area contributed by atoms with Gasteiger partial charge in [-0.3, -0.25) is 0 Å². The molecule has 0 heterocycles. The van der Waals surface area contributed by atoms with Crippen molar-refractivity contribution < 1.29 is 33.4 Å². The normalized spacial score (nSPS) is 10.7. The molecule has 0 aliphatic rings. The molecule has 0 atom stereocenters. The molecule has 0 N–H and O–H groups in total. The summed E-state index contributed by atoms with van der Waals surface area (Å²) in [5.41, 5.74) is -0.491. The topological polar surface area (TPSA) is 96.0 Å². The molecule has 0 saturated carbocycles. The summed E-state index contributed by atoms with van der Waals surface area (Å²) in [6, 6.07) is 37.0. The van der Waals surface area contributed by atoms with Crippen molar-refractivity contribution in [1.29, 1.82) is 0 Å². The van der Waals surface area contributed by atoms with Crippen LogP contribution >= 0.6 is 0 Å². The lowest BCUT2D eigenvalue weighted by atomic mass is 10.00. The molecule has 0 radical (unpaired) electrons. The van der Waals surface area contributed by atoms with Gasteiger partial charge < -0.3 is 14.2 Å². The number of ether oxygens (including phenoxy) is 3. The average Bonchev–Trinajstić information content (AvgIpc) is 3.04. The third-order valence-corrected chi connectivity index (χ3v) is 6.74. The van der Waals surface area contributed by atoms with Gasteiger partial charge in [0.2, 0.25) is 0 Å². The monoisotopic (exact) mass is 566 g/mol. The lowest BCUT2D eigenvalue weighted by Gasteiger charge is -2.13. The number of hydrogen-bond donors (Lipinski definition) is 0. The average molecular weight is 567 g/mol. The van der Waals surface area contributed by atoms with E-state index < -0.39 is 23.9 Å². The second kappa shape index (κ2) is 11.8. The van der Waals surface area contributed by atoms with Crippen LogP contribution in [0, 0.1) is 0 Å². The van der Waals surface area contributed by atoms with Crippen LogP contribution < -0.4 is 9.47 Å². The van der Waals surface area contributed by atoms with E-state index in [-0.39, 0.29) is 33.8 Å². The van der Waals surface area contributed by atoms with Crippen LogP contribution in [0.2, 0.25) is 0 Å². The number of carbonyl (C=O) groups excluding carboxylic acids is 4. The molecule has 0 fully saturated rings. The van der Waals surface area contributed by atoms with Crippen LogP contribution in [-0.2, 0) is 4.74 Å². The van der Waals surface area contributed by atoms with Gasteiger partial charge in [-0.1, -0.05) is 84.9 Å². The van der Waals surface area contributed by atoms with Crippen molar-refractivity contribution >= 4 is 45.4 Å². The van der Waals surface area contributed by atoms with Crippen LogP contribution in [-0.4, -0.2) is 23.9 Å². The second-order valence-electron chi connectivity index (χ2n) is 9.57. The first-order valence-corrected chi connectivity index (χ1v) is 13.3. The van der Waals surface area contributed by atoms with E-state index in [1.165, 1.54) is 24.3 Å². The Morgan fingerprint density at radius 2 is 0.628 bits per heavy atom. The first-order valence-electron chi connectivity index (χ1n) is 13.3. The maximum absolute atomic E-state index is 13.5. The molecule has 0 unspecified atom stereocenters. The van der Waals surface area contributed by atoms with Gasteiger partial charge in [-0.15, -0.1) is 0 Å². The summed E-state index contributed by atoms with van der Waals surface area (Å²) in [4.78, 5) is 53.5. The quantitative estimate of drug-likeness (QED) is 0.118. The molecular formula is C36H22O7. The molecule has 0 saturated heterocycles. The highest BCUT2D eigenvalue weighted by atomic mass is 16.6. The molecule has 208 valence electrons. The van der Waals surface area contributed by atoms with Crippen LogP contribution in [0.3, 0.4) is 0 Å². The largest absolute Gasteiger partial charge is 0.423 e. The maximum atomic E-state index is 13.5. The van der Waals surface area contributed by atoms with Crippen LogP contribution in [0.25, 0.3) is 21.5 Å². The predicted molar refractivity (Wildman–Crippen MR) is 160 cm³/mol. The van der Waals surface area contributed by atoms with Crippen molar-refractivity contribution in [1.82, 2.24) is 0 Å². The number of rotatable bonds is 6. The molecule has 43 heavy (non-hydrogen) atoms. The molecular weight excluding hydrogens is 544 g/mol. The molecule has 6 aromatic carbocycles. The minimum Gasteiger partial charge on any atom is -0.423 e. The van der Waals surface area contributed by atoms with Gasteiger partial charge >= 0.3 is 23.9 Å². The zero-order valence-corrected chi connectivity index (χ0v) is 22.6. The van der Waals surface area contributed by atoms with E-state index in [1.807, 2.05) is 0 Å². The summed E-state index contributed by atoms with van der Waals surface area (Å²) in [6.45, 7) is 0. The molecule has 7 nitrogen and oxygen atoms in total. The Labute approximate surface area is 245 Å². The summed E-state index contributed by atoms with van der Waals surface area (Å²) >= 11 is 0. The molecule has 0 aromatic heterocycles. The van der Waals surface area contributed by atoms with E-state index in [0.717, 1.165) is 0 Å². The molecule has 0 aliphatic heterocycles. The second-order valence-corrected chi connectivity index (χ2v) is 9.57. The van der Waals surface area contributed by atoms with Gasteiger partial charge in [0.1, 0.15) is 11.5 Å². The summed E-state index contributed by atoms with van der Waals surface area (Å²) in [5, 5.41) is 2.67. The minimum atomic E-state index is -1.08. The van der Waals surface area contributed by atoms with E-state index >= 15 is 0 Å². The van der Waals surface area contributed by atoms with Gasteiger partial charge in [0.15, 0.2) is 0 Å². The fourth-order valence-electron chi connectivity index (χ4n) is 4.65. The lowest BCUT2D eigenvalue weighted by Crippen LogP contribution is -2.21. The van der Waals surface area contributed by atoms with Gasteiger partial charge in [-0.25, -0.2) is 19.2 Å². The Kier molecular flexibility index (Phi) is 7.44. The van der Waals surface area contributed by atoms with Crippen molar-refractivity contribution in [2.75, 3.05) is 0 Å². The van der Waals surface area contributed by atoms with E-state index in [4.69, 9.17) is 14.2 Å². The van der Waals surface area contributed by atoms with Crippen LogP contribution in [0.15, 0.2) is 133 Å². The van der Waals surface area contributed by atoms with Crippen molar-refractivity contribution in [2.24, 2.45) is 0 Å². The fourth-order valence-corrected chi connectivity index (χ4v) is 4.65. The van der Waals surface area contributed by atoms with Crippen LogP contribution in [0.4, 0.5) is 0 Å². The maximum Gasteiger partial charge on any atom is 0.346 e. The third-order valence-electron chi connectivity index (χ3n) is 6.74. The third kappa shape index (κ3) is 5.87. The summed E-state index contributed by atoms with van der Waals surface area (Å²) < 4.78 is 16.3. The van der Waals surface area contributed by atoms with Crippen molar-refractivity contribution in [3.63, 3.8) is 0 Å². The van der Waals surface area contributed by atoms with Gasteiger partial charge in [0, 0.05) is 0 Å². The number of hydrogen-bond acceptors (Lipinski definition) is 7. The van der Waals surface area contributed by atoms with E-state index in [2.05, 4.69) is 0 Å². The molecule has 0 spiro atoms. The fraction of sp³-hybridized carbons (Fsp3) is 0. The van der Waals surface area contributed by atoms with Crippen molar-refractivity contribution in [2.45, 2.75) is 0 Å². The van der Waals surface area contributed by atoms with Crippen LogP contribution in [0.1, 0.15) is 41.4 Å². The van der Waals surface area contributed by atoms with Gasteiger partial charge in [-0.2, -0.15) is 0 Å². The predicted octanol–water partition coefficient (Wildman–Crippen LogP) is 7.43. The van der Waals surface area contributed by atoms with E-state index in [0.29, 0.717) is 21.5 Å². The summed E-state index contributed by atoms with van der Waals surface area (Å²) in [6.07, 6.45) is 0. The Balaban J connectivity index is 1.36. The standard InChI is InChI=1S/C36H22O7/c37-33(41-27-15-3-1-4-16-27)29-19-23-11-7-9-13-25(23)21-31(29)35(39)43-36(40)32-22-26-14-10-8-12-24(26)20-30(32)34(38)42-28-17-5-2-6-18-28/h1-22H. The van der Waals surface area contributed by atoms with E-state index in [9.17, 15) is 19.2 Å². The molecule has 0 amide bonds. The summed E-state index contributed by atoms with van der Waals surface area (Å²) in [7, 11) is 0. The lowest BCUT2D eigenvalue weighted by molar-refractivity contribution is 0.0388. The Morgan fingerprint density at radius 3 is 0.953 bits per heavy atom. The van der Waals surface area contributed by atoms with E-state index in [1.54, 1.807) is 109 Å². The number of benzene rings is 6. The van der Waals surface area contributed by atoms with Gasteiger partial charge in [0.25, 0.3) is 0 Å². The SMILES string of the molecule is O=C(OC(=O)c1cc2ccccc2cc1C(=O)Oc1ccccc1)c1cc2ccccc2cc1C(=O)Oc1ccccc1. The Hall–Kier alpha value is -6.08. The summed E-state index contributed by atoms with van der Waals surface area (Å²) in [5.74, 6) is -3.18. The zero-order chi connectivity index (χ0) is 29.8. The van der Waals surface area contributed by atoms with Crippen LogP contribution in [0.5, 0.6) is 11.5 Å². The highest BCUT2D eigenvalue weighted by Crippen LogP contribution is 2.26. The minimum absolute atomic E-state index is 0.0809. The highest BCUT2D eigenvalue weighted by Gasteiger charge is 2.27. The molecule has 6 aromatic rings. The van der Waals surface area contributed by atoms with Crippen molar-refractivity contribution in [3.8, 4) is 11.5 Å². The first kappa shape index (κ1) is 27.1. The number of fused-ring (bicyclic) bond motifs is 2. The number of esters is 4. The molecule has 7 heteroatoms.